The number of rotatable bonds is 10. The van der Waals surface area contributed by atoms with Crippen LogP contribution < -0.4 is 14.8 Å². The van der Waals surface area contributed by atoms with Crippen molar-refractivity contribution in [1.29, 1.82) is 0 Å². The fourth-order valence-corrected chi connectivity index (χ4v) is 3.20. The molecule has 1 N–H and O–H groups in total. The van der Waals surface area contributed by atoms with E-state index in [4.69, 9.17) is 32.7 Å². The summed E-state index contributed by atoms with van der Waals surface area (Å²) in [4.78, 5) is 26.4. The molecule has 0 aliphatic rings. The third-order valence-electron chi connectivity index (χ3n) is 4.32. The number of ether oxygens (including phenoxy) is 2. The fraction of sp³-hybridized carbons (Fsp3) is 0.304. The van der Waals surface area contributed by atoms with Crippen molar-refractivity contribution >= 4 is 46.8 Å². The highest BCUT2D eigenvalue weighted by atomic mass is 35.5. The van der Waals surface area contributed by atoms with Crippen LogP contribution in [0.1, 0.15) is 25.8 Å². The van der Waals surface area contributed by atoms with Gasteiger partial charge in [-0.1, -0.05) is 42.3 Å². The summed E-state index contributed by atoms with van der Waals surface area (Å²) in [6, 6.07) is 10.4. The van der Waals surface area contributed by atoms with Crippen LogP contribution in [-0.4, -0.2) is 43.5 Å². The Bertz CT molecular complexity index is 927. The lowest BCUT2D eigenvalue weighted by Gasteiger charge is -2.19. The van der Waals surface area contributed by atoms with Gasteiger partial charge in [0.25, 0.3) is 0 Å². The molecule has 2 aromatic rings. The Morgan fingerprint density at radius 2 is 1.81 bits per heavy atom. The number of hydrogen-bond acceptors (Lipinski definition) is 4. The number of carbonyl (C=O) groups excluding carboxylic acids is 2. The molecule has 0 spiro atoms. The first-order valence-electron chi connectivity index (χ1n) is 9.91. The smallest absolute Gasteiger partial charge is 0.247 e. The van der Waals surface area contributed by atoms with E-state index >= 15 is 0 Å². The SMILES string of the molecule is CCCOc1ccc(/C=C/C(=O)N(CC)CC(=O)Nc2c(Cl)cccc2Cl)cc1OC. The summed E-state index contributed by atoms with van der Waals surface area (Å²) in [5, 5.41) is 3.32. The summed E-state index contributed by atoms with van der Waals surface area (Å²) < 4.78 is 11.0. The second kappa shape index (κ2) is 12.2. The number of carbonyl (C=O) groups is 2. The maximum absolute atomic E-state index is 12.6. The Labute approximate surface area is 192 Å². The summed E-state index contributed by atoms with van der Waals surface area (Å²) in [5.41, 5.74) is 1.10. The topological polar surface area (TPSA) is 67.9 Å². The molecule has 0 unspecified atom stereocenters. The van der Waals surface area contributed by atoms with Gasteiger partial charge in [-0.2, -0.15) is 0 Å². The predicted octanol–water partition coefficient (Wildman–Crippen LogP) is 5.29. The second-order valence-corrected chi connectivity index (χ2v) is 7.40. The Balaban J connectivity index is 2.03. The van der Waals surface area contributed by atoms with Gasteiger partial charge in [-0.15, -0.1) is 0 Å². The van der Waals surface area contributed by atoms with E-state index in [1.54, 1.807) is 50.4 Å². The van der Waals surface area contributed by atoms with Crippen LogP contribution in [0.15, 0.2) is 42.5 Å². The van der Waals surface area contributed by atoms with Crippen LogP contribution in [0.25, 0.3) is 6.08 Å². The molecular formula is C23H26Cl2N2O4. The van der Waals surface area contributed by atoms with Crippen LogP contribution in [0.3, 0.4) is 0 Å². The zero-order chi connectivity index (χ0) is 22.8. The van der Waals surface area contributed by atoms with Gasteiger partial charge in [0.05, 0.1) is 29.4 Å². The molecule has 0 aliphatic heterocycles. The van der Waals surface area contributed by atoms with E-state index in [0.29, 0.717) is 40.4 Å². The Morgan fingerprint density at radius 1 is 1.10 bits per heavy atom. The minimum absolute atomic E-state index is 0.131. The summed E-state index contributed by atoms with van der Waals surface area (Å²) in [7, 11) is 1.56. The number of nitrogens with one attached hydrogen (secondary N) is 1. The molecule has 166 valence electrons. The number of likely N-dealkylation sites (N-methyl/N-ethyl adjacent to an activating group) is 1. The van der Waals surface area contributed by atoms with Gasteiger partial charge >= 0.3 is 0 Å². The van der Waals surface area contributed by atoms with E-state index in [-0.39, 0.29) is 12.5 Å². The lowest BCUT2D eigenvalue weighted by Crippen LogP contribution is -2.37. The summed E-state index contributed by atoms with van der Waals surface area (Å²) in [6.45, 7) is 4.65. The summed E-state index contributed by atoms with van der Waals surface area (Å²) >= 11 is 12.2. The van der Waals surface area contributed by atoms with Gasteiger partial charge in [0.15, 0.2) is 11.5 Å². The molecule has 0 bridgehead atoms. The van der Waals surface area contributed by atoms with Gasteiger partial charge in [0.1, 0.15) is 6.54 Å². The lowest BCUT2D eigenvalue weighted by molar-refractivity contribution is -0.130. The first-order chi connectivity index (χ1) is 14.9. The normalized spacial score (nSPS) is 10.7. The molecule has 0 heterocycles. The van der Waals surface area contributed by atoms with Crippen molar-refractivity contribution in [2.45, 2.75) is 20.3 Å². The molecule has 2 rings (SSSR count). The maximum atomic E-state index is 12.6. The highest BCUT2D eigenvalue weighted by molar-refractivity contribution is 6.39. The predicted molar refractivity (Wildman–Crippen MR) is 125 cm³/mol. The number of anilines is 1. The van der Waals surface area contributed by atoms with Crippen LogP contribution >= 0.6 is 23.2 Å². The Kier molecular flexibility index (Phi) is 9.69. The van der Waals surface area contributed by atoms with Crippen molar-refractivity contribution in [2.75, 3.05) is 32.1 Å². The van der Waals surface area contributed by atoms with E-state index in [0.717, 1.165) is 12.0 Å². The summed E-state index contributed by atoms with van der Waals surface area (Å²) in [6.07, 6.45) is 3.98. The first-order valence-corrected chi connectivity index (χ1v) is 10.7. The van der Waals surface area contributed by atoms with Crippen molar-refractivity contribution in [1.82, 2.24) is 4.90 Å². The molecule has 0 saturated heterocycles. The number of halogens is 2. The Hall–Kier alpha value is -2.70. The van der Waals surface area contributed by atoms with Crippen LogP contribution in [0.5, 0.6) is 11.5 Å². The number of para-hydroxylation sites is 1. The zero-order valence-electron chi connectivity index (χ0n) is 17.8. The highest BCUT2D eigenvalue weighted by Gasteiger charge is 2.16. The average molecular weight is 465 g/mol. The first kappa shape index (κ1) is 24.6. The van der Waals surface area contributed by atoms with Crippen molar-refractivity contribution in [3.63, 3.8) is 0 Å². The minimum Gasteiger partial charge on any atom is -0.493 e. The highest BCUT2D eigenvalue weighted by Crippen LogP contribution is 2.30. The molecule has 6 nitrogen and oxygen atoms in total. The molecule has 31 heavy (non-hydrogen) atoms. The average Bonchev–Trinajstić information content (AvgIpc) is 2.77. The van der Waals surface area contributed by atoms with Gasteiger partial charge in [0.2, 0.25) is 11.8 Å². The molecule has 0 atom stereocenters. The fourth-order valence-electron chi connectivity index (χ4n) is 2.71. The van der Waals surface area contributed by atoms with Crippen LogP contribution in [-0.2, 0) is 9.59 Å². The number of benzene rings is 2. The number of methoxy groups -OCH3 is 1. The molecule has 2 aromatic carbocycles. The van der Waals surface area contributed by atoms with E-state index in [1.165, 1.54) is 11.0 Å². The molecule has 8 heteroatoms. The van der Waals surface area contributed by atoms with Crippen molar-refractivity contribution in [3.05, 3.63) is 58.1 Å². The van der Waals surface area contributed by atoms with Gasteiger partial charge in [-0.05, 0) is 49.2 Å². The van der Waals surface area contributed by atoms with Crippen molar-refractivity contribution < 1.29 is 19.1 Å². The zero-order valence-corrected chi connectivity index (χ0v) is 19.3. The van der Waals surface area contributed by atoms with Crippen LogP contribution in [0, 0.1) is 0 Å². The van der Waals surface area contributed by atoms with Crippen molar-refractivity contribution in [3.8, 4) is 11.5 Å². The van der Waals surface area contributed by atoms with Crippen LogP contribution in [0.2, 0.25) is 10.0 Å². The van der Waals surface area contributed by atoms with Gasteiger partial charge in [0, 0.05) is 12.6 Å². The third kappa shape index (κ3) is 7.19. The largest absolute Gasteiger partial charge is 0.493 e. The lowest BCUT2D eigenvalue weighted by atomic mass is 10.2. The van der Waals surface area contributed by atoms with Crippen LogP contribution in [0.4, 0.5) is 5.69 Å². The molecule has 0 aromatic heterocycles. The van der Waals surface area contributed by atoms with E-state index < -0.39 is 5.91 Å². The van der Waals surface area contributed by atoms with Gasteiger partial charge in [-0.25, -0.2) is 0 Å². The van der Waals surface area contributed by atoms with Gasteiger partial charge in [-0.3, -0.25) is 9.59 Å². The molecule has 0 saturated carbocycles. The number of nitrogens with zero attached hydrogens (tertiary/aromatic N) is 1. The molecular weight excluding hydrogens is 439 g/mol. The van der Waals surface area contributed by atoms with Gasteiger partial charge < -0.3 is 19.7 Å². The van der Waals surface area contributed by atoms with E-state index in [9.17, 15) is 9.59 Å². The third-order valence-corrected chi connectivity index (χ3v) is 4.95. The molecule has 0 radical (unpaired) electrons. The second-order valence-electron chi connectivity index (χ2n) is 6.59. The van der Waals surface area contributed by atoms with E-state index in [1.807, 2.05) is 13.0 Å². The summed E-state index contributed by atoms with van der Waals surface area (Å²) in [5.74, 6) is 0.551. The van der Waals surface area contributed by atoms with E-state index in [2.05, 4.69) is 5.32 Å². The number of amides is 2. The molecule has 2 amide bonds. The minimum atomic E-state index is -0.391. The Morgan fingerprint density at radius 3 is 2.42 bits per heavy atom. The monoisotopic (exact) mass is 464 g/mol. The number of hydrogen-bond donors (Lipinski definition) is 1. The van der Waals surface area contributed by atoms with Crippen molar-refractivity contribution in [2.24, 2.45) is 0 Å². The maximum Gasteiger partial charge on any atom is 0.247 e. The quantitative estimate of drug-likeness (QED) is 0.484. The molecule has 0 aliphatic carbocycles. The molecule has 0 fully saturated rings. The standard InChI is InChI=1S/C23H26Cl2N2O4/c1-4-13-31-19-11-9-16(14-20(19)30-3)10-12-22(29)27(5-2)15-21(28)26-23-17(24)7-6-8-18(23)25/h6-12,14H,4-5,13,15H2,1-3H3,(H,26,28)/b12-10+.